The van der Waals surface area contributed by atoms with Crippen molar-refractivity contribution in [2.24, 2.45) is 5.92 Å². The molecule has 0 saturated carbocycles. The van der Waals surface area contributed by atoms with E-state index < -0.39 is 17.9 Å². The smallest absolute Gasteiger partial charge is 0.311 e. The van der Waals surface area contributed by atoms with E-state index in [1.807, 2.05) is 12.1 Å². The number of benzene rings is 1. The van der Waals surface area contributed by atoms with Gasteiger partial charge < -0.3 is 15.2 Å². The first-order valence-corrected chi connectivity index (χ1v) is 6.62. The summed E-state index contributed by atoms with van der Waals surface area (Å²) in [5.74, 6) is -1.98. The molecule has 1 saturated heterocycles. The van der Waals surface area contributed by atoms with Gasteiger partial charge in [-0.05, 0) is 18.2 Å². The molecular weight excluding hydrogens is 272 g/mol. The minimum Gasteiger partial charge on any atom is -0.481 e. The predicted molar refractivity (Wildman–Crippen MR) is 74.9 cm³/mol. The second-order valence-electron chi connectivity index (χ2n) is 4.94. The van der Waals surface area contributed by atoms with Crippen LogP contribution in [0.2, 0.25) is 0 Å². The normalized spacial score (nSPS) is 21.3. The van der Waals surface area contributed by atoms with E-state index in [2.05, 4.69) is 10.3 Å². The average Bonchev–Trinajstić information content (AvgIpc) is 2.95. The number of carbonyl (C=O) groups excluding carboxylic acids is 1. The topological polar surface area (TPSA) is 88.5 Å². The summed E-state index contributed by atoms with van der Waals surface area (Å²) in [4.78, 5) is 27.7. The zero-order chi connectivity index (χ0) is 14.8. The van der Waals surface area contributed by atoms with E-state index in [0.29, 0.717) is 5.56 Å². The summed E-state index contributed by atoms with van der Waals surface area (Å²) >= 11 is 0. The van der Waals surface area contributed by atoms with Gasteiger partial charge in [0.15, 0.2) is 0 Å². The number of ether oxygens (including phenoxy) is 1. The van der Waals surface area contributed by atoms with Crippen LogP contribution in [0.4, 0.5) is 0 Å². The standard InChI is InChI=1S/C15H14N2O4/c18-14(17-13-8-21-7-11(13)15(19)20)10-3-1-5-12-9(10)4-2-6-16-12/h1-6,11,13H,7-8H2,(H,17,18)(H,19,20). The van der Waals surface area contributed by atoms with Crippen LogP contribution < -0.4 is 5.32 Å². The number of aromatic nitrogens is 1. The molecule has 0 bridgehead atoms. The van der Waals surface area contributed by atoms with Crippen molar-refractivity contribution in [3.05, 3.63) is 42.1 Å². The monoisotopic (exact) mass is 286 g/mol. The van der Waals surface area contributed by atoms with Crippen molar-refractivity contribution < 1.29 is 19.4 Å². The van der Waals surface area contributed by atoms with Crippen LogP contribution in [0.1, 0.15) is 10.4 Å². The molecule has 1 aliphatic heterocycles. The highest BCUT2D eigenvalue weighted by Gasteiger charge is 2.35. The second kappa shape index (κ2) is 5.49. The summed E-state index contributed by atoms with van der Waals surface area (Å²) in [6.07, 6.45) is 1.66. The molecule has 21 heavy (non-hydrogen) atoms. The molecule has 1 aliphatic rings. The van der Waals surface area contributed by atoms with E-state index in [1.54, 1.807) is 24.4 Å². The van der Waals surface area contributed by atoms with E-state index in [1.165, 1.54) is 0 Å². The molecule has 1 amide bonds. The Balaban J connectivity index is 1.86. The molecular formula is C15H14N2O4. The third-order valence-corrected chi connectivity index (χ3v) is 3.60. The first kappa shape index (κ1) is 13.5. The highest BCUT2D eigenvalue weighted by atomic mass is 16.5. The van der Waals surface area contributed by atoms with E-state index in [0.717, 1.165) is 10.9 Å². The number of pyridine rings is 1. The van der Waals surface area contributed by atoms with Gasteiger partial charge in [-0.2, -0.15) is 0 Å². The third kappa shape index (κ3) is 2.57. The molecule has 2 unspecified atom stereocenters. The molecule has 3 rings (SSSR count). The van der Waals surface area contributed by atoms with Crippen molar-refractivity contribution in [3.63, 3.8) is 0 Å². The predicted octanol–water partition coefficient (Wildman–Crippen LogP) is 1.06. The van der Waals surface area contributed by atoms with Crippen LogP contribution >= 0.6 is 0 Å². The molecule has 6 nitrogen and oxygen atoms in total. The number of nitrogens with zero attached hydrogens (tertiary/aromatic N) is 1. The Kier molecular flexibility index (Phi) is 3.53. The lowest BCUT2D eigenvalue weighted by Gasteiger charge is -2.16. The molecule has 0 radical (unpaired) electrons. The molecule has 6 heteroatoms. The highest BCUT2D eigenvalue weighted by molar-refractivity contribution is 6.06. The maximum atomic E-state index is 12.4. The van der Waals surface area contributed by atoms with E-state index >= 15 is 0 Å². The van der Waals surface area contributed by atoms with Crippen molar-refractivity contribution in [2.75, 3.05) is 13.2 Å². The number of carbonyl (C=O) groups is 2. The van der Waals surface area contributed by atoms with E-state index in [4.69, 9.17) is 9.84 Å². The van der Waals surface area contributed by atoms with Gasteiger partial charge in [0.1, 0.15) is 5.92 Å². The number of rotatable bonds is 3. The van der Waals surface area contributed by atoms with Gasteiger partial charge in [0.05, 0.1) is 24.8 Å². The molecule has 2 aromatic rings. The van der Waals surface area contributed by atoms with Crippen molar-refractivity contribution in [1.29, 1.82) is 0 Å². The Morgan fingerprint density at radius 3 is 2.90 bits per heavy atom. The fourth-order valence-corrected chi connectivity index (χ4v) is 2.49. The summed E-state index contributed by atoms with van der Waals surface area (Å²) < 4.78 is 5.15. The molecule has 108 valence electrons. The zero-order valence-corrected chi connectivity index (χ0v) is 11.2. The highest BCUT2D eigenvalue weighted by Crippen LogP contribution is 2.18. The van der Waals surface area contributed by atoms with E-state index in [-0.39, 0.29) is 19.1 Å². The molecule has 1 aromatic heterocycles. The summed E-state index contributed by atoms with van der Waals surface area (Å²) in [6, 6.07) is 8.34. The molecule has 0 spiro atoms. The lowest BCUT2D eigenvalue weighted by atomic mass is 10.0. The molecule has 2 atom stereocenters. The third-order valence-electron chi connectivity index (χ3n) is 3.60. The van der Waals surface area contributed by atoms with Crippen LogP contribution in [0, 0.1) is 5.92 Å². The maximum Gasteiger partial charge on any atom is 0.311 e. The summed E-state index contributed by atoms with van der Waals surface area (Å²) in [5.41, 5.74) is 1.21. The fraction of sp³-hybridized carbons (Fsp3) is 0.267. The number of carboxylic acid groups (broad SMARTS) is 1. The number of fused-ring (bicyclic) bond motifs is 1. The Bertz CT molecular complexity index is 696. The number of nitrogens with one attached hydrogen (secondary N) is 1. The van der Waals surface area contributed by atoms with Gasteiger partial charge in [-0.3, -0.25) is 14.6 Å². The van der Waals surface area contributed by atoms with Crippen LogP contribution in [-0.4, -0.2) is 41.2 Å². The molecule has 2 heterocycles. The van der Waals surface area contributed by atoms with Crippen LogP contribution in [0.3, 0.4) is 0 Å². The Morgan fingerprint density at radius 1 is 1.24 bits per heavy atom. The summed E-state index contributed by atoms with van der Waals surface area (Å²) in [5, 5.41) is 12.6. The molecule has 1 fully saturated rings. The van der Waals surface area contributed by atoms with Gasteiger partial charge in [-0.25, -0.2) is 0 Å². The molecule has 1 aromatic carbocycles. The SMILES string of the molecule is O=C(NC1COCC1C(=O)O)c1cccc2ncccc12. The van der Waals surface area contributed by atoms with E-state index in [9.17, 15) is 9.59 Å². The van der Waals surface area contributed by atoms with Gasteiger partial charge in [0.2, 0.25) is 0 Å². The first-order chi connectivity index (χ1) is 10.2. The van der Waals surface area contributed by atoms with Gasteiger partial charge >= 0.3 is 5.97 Å². The number of carboxylic acids is 1. The van der Waals surface area contributed by atoms with Gasteiger partial charge in [-0.15, -0.1) is 0 Å². The van der Waals surface area contributed by atoms with Gasteiger partial charge in [0, 0.05) is 17.1 Å². The van der Waals surface area contributed by atoms with Crippen LogP contribution in [0.25, 0.3) is 10.9 Å². The lowest BCUT2D eigenvalue weighted by molar-refractivity contribution is -0.142. The minimum atomic E-state index is -0.961. The molecule has 0 aliphatic carbocycles. The number of hydrogen-bond acceptors (Lipinski definition) is 4. The summed E-state index contributed by atoms with van der Waals surface area (Å²) in [6.45, 7) is 0.336. The quantitative estimate of drug-likeness (QED) is 0.881. The van der Waals surface area contributed by atoms with Crippen LogP contribution in [-0.2, 0) is 9.53 Å². The summed E-state index contributed by atoms with van der Waals surface area (Å²) in [7, 11) is 0. The average molecular weight is 286 g/mol. The second-order valence-corrected chi connectivity index (χ2v) is 4.94. The van der Waals surface area contributed by atoms with Crippen molar-refractivity contribution in [2.45, 2.75) is 6.04 Å². The largest absolute Gasteiger partial charge is 0.481 e. The van der Waals surface area contributed by atoms with Crippen LogP contribution in [0.5, 0.6) is 0 Å². The lowest BCUT2D eigenvalue weighted by Crippen LogP contribution is -2.42. The van der Waals surface area contributed by atoms with Crippen LogP contribution in [0.15, 0.2) is 36.5 Å². The first-order valence-electron chi connectivity index (χ1n) is 6.62. The van der Waals surface area contributed by atoms with Crippen molar-refractivity contribution >= 4 is 22.8 Å². The Hall–Kier alpha value is -2.47. The van der Waals surface area contributed by atoms with Crippen molar-refractivity contribution in [1.82, 2.24) is 10.3 Å². The Morgan fingerprint density at radius 2 is 2.10 bits per heavy atom. The number of aliphatic carboxylic acids is 1. The Labute approximate surface area is 120 Å². The fourth-order valence-electron chi connectivity index (χ4n) is 2.49. The zero-order valence-electron chi connectivity index (χ0n) is 11.2. The van der Waals surface area contributed by atoms with Gasteiger partial charge in [-0.1, -0.05) is 12.1 Å². The van der Waals surface area contributed by atoms with Gasteiger partial charge in [0.25, 0.3) is 5.91 Å². The number of hydrogen-bond donors (Lipinski definition) is 2. The minimum absolute atomic E-state index is 0.122. The molecule has 2 N–H and O–H groups in total. The maximum absolute atomic E-state index is 12.4. The number of amides is 1. The van der Waals surface area contributed by atoms with Crippen molar-refractivity contribution in [3.8, 4) is 0 Å².